The molecule has 0 bridgehead atoms. The van der Waals surface area contributed by atoms with Crippen molar-refractivity contribution in [1.29, 1.82) is 0 Å². The third-order valence-electron chi connectivity index (χ3n) is 5.39. The smallest absolute Gasteiger partial charge is 0.261 e. The number of para-hydroxylation sites is 2. The summed E-state index contributed by atoms with van der Waals surface area (Å²) in [5, 5.41) is 0.680. The zero-order chi connectivity index (χ0) is 21.1. The van der Waals surface area contributed by atoms with Crippen LogP contribution in [0, 0.1) is 5.82 Å². The van der Waals surface area contributed by atoms with Crippen LogP contribution in [0.25, 0.3) is 0 Å². The predicted molar refractivity (Wildman–Crippen MR) is 126 cm³/mol. The lowest BCUT2D eigenvalue weighted by Gasteiger charge is -2.31. The van der Waals surface area contributed by atoms with Crippen molar-refractivity contribution in [1.82, 2.24) is 0 Å². The number of benzene rings is 3. The Morgan fingerprint density at radius 1 is 1.06 bits per heavy atom. The number of amides is 1. The fourth-order valence-electron chi connectivity index (χ4n) is 3.90. The minimum atomic E-state index is -0.532. The van der Waals surface area contributed by atoms with Crippen LogP contribution in [0.3, 0.4) is 0 Å². The maximum Gasteiger partial charge on any atom is 0.261 e. The Morgan fingerprint density at radius 2 is 1.74 bits per heavy atom. The highest BCUT2D eigenvalue weighted by atomic mass is 35.5. The van der Waals surface area contributed by atoms with Crippen molar-refractivity contribution in [3.05, 3.63) is 89.2 Å². The minimum absolute atomic E-state index is 0. The van der Waals surface area contributed by atoms with E-state index in [1.54, 1.807) is 24.1 Å². The van der Waals surface area contributed by atoms with Crippen LogP contribution < -0.4 is 14.5 Å². The monoisotopic (exact) mass is 460 g/mol. The Bertz CT molecular complexity index is 1050. The topological polar surface area (TPSA) is 32.8 Å². The molecule has 4 rings (SSSR count). The fourth-order valence-corrected chi connectivity index (χ4v) is 4.03. The molecule has 4 nitrogen and oxygen atoms in total. The van der Waals surface area contributed by atoms with Crippen LogP contribution in [0.5, 0.6) is 5.75 Å². The van der Waals surface area contributed by atoms with Gasteiger partial charge < -0.3 is 9.64 Å². The second-order valence-corrected chi connectivity index (χ2v) is 7.63. The van der Waals surface area contributed by atoms with Gasteiger partial charge in [0.25, 0.3) is 5.91 Å². The quantitative estimate of drug-likeness (QED) is 0.479. The molecule has 0 saturated carbocycles. The Kier molecular flexibility index (Phi) is 7.42. The van der Waals surface area contributed by atoms with Crippen molar-refractivity contribution in [2.75, 3.05) is 30.0 Å². The molecule has 3 aromatic rings. The van der Waals surface area contributed by atoms with Crippen LogP contribution in [0.15, 0.2) is 72.8 Å². The predicted octanol–water partition coefficient (Wildman–Crippen LogP) is 5.84. The zero-order valence-electron chi connectivity index (χ0n) is 17.0. The summed E-state index contributed by atoms with van der Waals surface area (Å²) in [7, 11) is 1.57. The van der Waals surface area contributed by atoms with E-state index in [0.717, 1.165) is 18.7 Å². The van der Waals surface area contributed by atoms with E-state index in [2.05, 4.69) is 4.90 Å². The van der Waals surface area contributed by atoms with Gasteiger partial charge in [-0.2, -0.15) is 0 Å². The summed E-state index contributed by atoms with van der Waals surface area (Å²) in [5.74, 6) is -0.331. The van der Waals surface area contributed by atoms with Crippen LogP contribution in [0.4, 0.5) is 15.8 Å². The number of hydrogen-bond acceptors (Lipinski definition) is 3. The molecule has 1 heterocycles. The lowest BCUT2D eigenvalue weighted by atomic mass is 10.1. The Labute approximate surface area is 192 Å². The number of hydrogen-bond donors (Lipinski definition) is 0. The van der Waals surface area contributed by atoms with Gasteiger partial charge in [-0.25, -0.2) is 4.39 Å². The lowest BCUT2D eigenvalue weighted by molar-refractivity contribution is 0.0974. The van der Waals surface area contributed by atoms with E-state index in [4.69, 9.17) is 16.3 Å². The van der Waals surface area contributed by atoms with Gasteiger partial charge in [0, 0.05) is 23.8 Å². The first-order valence-corrected chi connectivity index (χ1v) is 10.2. The van der Waals surface area contributed by atoms with E-state index in [-0.39, 0.29) is 29.9 Å². The number of halogens is 3. The second kappa shape index (κ2) is 10.0. The molecule has 1 unspecified atom stereocenters. The van der Waals surface area contributed by atoms with Gasteiger partial charge in [0.05, 0.1) is 24.4 Å². The normalized spacial score (nSPS) is 15.3. The highest BCUT2D eigenvalue weighted by molar-refractivity contribution is 6.30. The molecule has 0 spiro atoms. The first-order valence-electron chi connectivity index (χ1n) is 9.80. The molecule has 3 aromatic carbocycles. The minimum Gasteiger partial charge on any atom is -0.495 e. The summed E-state index contributed by atoms with van der Waals surface area (Å²) in [5.41, 5.74) is 1.73. The summed E-state index contributed by atoms with van der Waals surface area (Å²) in [6, 6.07) is 20.9. The molecule has 0 radical (unpaired) electrons. The average molecular weight is 461 g/mol. The third kappa shape index (κ3) is 4.78. The largest absolute Gasteiger partial charge is 0.495 e. The van der Waals surface area contributed by atoms with Gasteiger partial charge in [-0.05, 0) is 55.0 Å². The van der Waals surface area contributed by atoms with E-state index in [1.165, 1.54) is 12.1 Å². The van der Waals surface area contributed by atoms with Gasteiger partial charge in [-0.15, -0.1) is 12.4 Å². The van der Waals surface area contributed by atoms with Gasteiger partial charge in [-0.3, -0.25) is 9.69 Å². The molecule has 1 fully saturated rings. The van der Waals surface area contributed by atoms with Gasteiger partial charge in [0.1, 0.15) is 11.6 Å². The van der Waals surface area contributed by atoms with E-state index in [9.17, 15) is 9.18 Å². The Balaban J connectivity index is 0.00000272. The highest BCUT2D eigenvalue weighted by Gasteiger charge is 2.34. The molecule has 1 atom stereocenters. The number of rotatable bonds is 5. The van der Waals surface area contributed by atoms with E-state index >= 15 is 0 Å². The van der Waals surface area contributed by atoms with Crippen LogP contribution >= 0.6 is 24.0 Å². The molecular formula is C24H23Cl2FN2O2. The molecule has 1 amide bonds. The summed E-state index contributed by atoms with van der Waals surface area (Å²) in [6.45, 7) is 1.41. The van der Waals surface area contributed by atoms with Crippen LogP contribution in [-0.2, 0) is 0 Å². The summed E-state index contributed by atoms with van der Waals surface area (Å²) in [4.78, 5) is 17.4. The number of ether oxygens (including phenoxy) is 1. The number of carbonyl (C=O) groups excluding carboxylic acids is 1. The van der Waals surface area contributed by atoms with Crippen molar-refractivity contribution in [3.8, 4) is 5.75 Å². The van der Waals surface area contributed by atoms with Gasteiger partial charge in [0.15, 0.2) is 0 Å². The number of methoxy groups -OCH3 is 1. The second-order valence-electron chi connectivity index (χ2n) is 7.19. The van der Waals surface area contributed by atoms with Crippen LogP contribution in [-0.4, -0.2) is 32.1 Å². The molecule has 0 aromatic heterocycles. The van der Waals surface area contributed by atoms with Crippen molar-refractivity contribution < 1.29 is 13.9 Å². The van der Waals surface area contributed by atoms with Crippen molar-refractivity contribution in [2.24, 2.45) is 0 Å². The van der Waals surface area contributed by atoms with Gasteiger partial charge in [-0.1, -0.05) is 35.9 Å². The molecule has 162 valence electrons. The highest BCUT2D eigenvalue weighted by Crippen LogP contribution is 2.34. The first kappa shape index (κ1) is 22.9. The Morgan fingerprint density at radius 3 is 2.45 bits per heavy atom. The maximum atomic E-state index is 14.5. The number of nitrogens with zero attached hydrogens (tertiary/aromatic N) is 2. The van der Waals surface area contributed by atoms with E-state index in [0.29, 0.717) is 23.0 Å². The average Bonchev–Trinajstić information content (AvgIpc) is 3.24. The molecule has 0 N–H and O–H groups in total. The Hall–Kier alpha value is -2.76. The number of carbonyl (C=O) groups is 1. The van der Waals surface area contributed by atoms with Crippen molar-refractivity contribution >= 4 is 41.3 Å². The fraction of sp³-hybridized carbons (Fsp3) is 0.208. The van der Waals surface area contributed by atoms with Gasteiger partial charge >= 0.3 is 0 Å². The molecule has 0 aliphatic carbocycles. The first-order chi connectivity index (χ1) is 14.6. The van der Waals surface area contributed by atoms with E-state index in [1.807, 2.05) is 48.5 Å². The third-order valence-corrected chi connectivity index (χ3v) is 5.64. The van der Waals surface area contributed by atoms with Crippen LogP contribution in [0.2, 0.25) is 5.02 Å². The standard InChI is InChI=1S/C24H22ClFN2O2.ClH/c1-30-23-9-5-4-8-22(23)28(24(29)20-6-2-3-7-21(20)26)19-14-15-27(16-19)18-12-10-17(25)11-13-18;/h2-13,19H,14-16H2,1H3;1H. The van der Waals surface area contributed by atoms with Crippen LogP contribution in [0.1, 0.15) is 16.8 Å². The summed E-state index contributed by atoms with van der Waals surface area (Å²) < 4.78 is 20.0. The van der Waals surface area contributed by atoms with Gasteiger partial charge in [0.2, 0.25) is 0 Å². The maximum absolute atomic E-state index is 14.5. The zero-order valence-corrected chi connectivity index (χ0v) is 18.6. The van der Waals surface area contributed by atoms with Crippen molar-refractivity contribution in [2.45, 2.75) is 12.5 Å². The molecule has 1 saturated heterocycles. The molecule has 1 aliphatic heterocycles. The SMILES string of the molecule is COc1ccccc1N(C(=O)c1ccccc1F)C1CCN(c2ccc(Cl)cc2)C1.Cl. The molecule has 31 heavy (non-hydrogen) atoms. The lowest BCUT2D eigenvalue weighted by Crippen LogP contribution is -2.43. The summed E-state index contributed by atoms with van der Waals surface area (Å²) >= 11 is 6.01. The van der Waals surface area contributed by atoms with E-state index < -0.39 is 5.82 Å². The van der Waals surface area contributed by atoms with Crippen molar-refractivity contribution in [3.63, 3.8) is 0 Å². The molecular weight excluding hydrogens is 438 g/mol. The molecule has 1 aliphatic rings. The number of anilines is 2. The summed E-state index contributed by atoms with van der Waals surface area (Å²) in [6.07, 6.45) is 0.751. The molecule has 7 heteroatoms.